The molecule has 0 aromatic heterocycles. The number of hydrogen-bond donors (Lipinski definition) is 1. The van der Waals surface area contributed by atoms with Crippen molar-refractivity contribution in [3.05, 3.63) is 0 Å². The molecule has 1 N–H and O–H groups in total. The first-order valence-electron chi connectivity index (χ1n) is 4.75. The molecule has 0 aromatic rings. The zero-order chi connectivity index (χ0) is 8.10. The lowest BCUT2D eigenvalue weighted by atomic mass is 10.3. The summed E-state index contributed by atoms with van der Waals surface area (Å²) in [7, 11) is 2.17. The monoisotopic (exact) mass is 172 g/mol. The summed E-state index contributed by atoms with van der Waals surface area (Å²) in [6.07, 6.45) is 5.79. The first-order valence-corrected chi connectivity index (χ1v) is 6.09. The quantitative estimate of drug-likeness (QED) is 0.620. The molecule has 0 bridgehead atoms. The fourth-order valence-corrected chi connectivity index (χ4v) is 2.96. The third-order valence-electron chi connectivity index (χ3n) is 2.56. The second-order valence-electron chi connectivity index (χ2n) is 3.46. The summed E-state index contributed by atoms with van der Waals surface area (Å²) in [6, 6.07) is 0.917. The highest BCUT2D eigenvalue weighted by Crippen LogP contribution is 2.21. The second-order valence-corrected chi connectivity index (χ2v) is 5.27. The normalized spacial score (nSPS) is 21.0. The highest BCUT2D eigenvalue weighted by atomic mass is 28.2. The Balaban J connectivity index is 2.12. The molecule has 1 fully saturated rings. The van der Waals surface area contributed by atoms with E-state index in [1.165, 1.54) is 25.7 Å². The van der Waals surface area contributed by atoms with Gasteiger partial charge in [0.05, 0.1) is 0 Å². The Kier molecular flexibility index (Phi) is 4.11. The standard InChI is InChI=1S/C8H20N2Si/c1-3-9-11-10(2)8-6-4-5-7-8/h8-9H,3-7,11H2,1-2H3. The van der Waals surface area contributed by atoms with Crippen LogP contribution in [-0.4, -0.2) is 34.0 Å². The molecule has 0 amide bonds. The maximum Gasteiger partial charge on any atom is 0.170 e. The molecule has 0 heterocycles. The summed E-state index contributed by atoms with van der Waals surface area (Å²) < 4.78 is 2.58. The van der Waals surface area contributed by atoms with E-state index in [0.717, 1.165) is 12.6 Å². The van der Waals surface area contributed by atoms with Crippen molar-refractivity contribution in [3.63, 3.8) is 0 Å². The molecule has 0 aromatic carbocycles. The van der Waals surface area contributed by atoms with Gasteiger partial charge in [-0.15, -0.1) is 0 Å². The van der Waals surface area contributed by atoms with Crippen molar-refractivity contribution in [3.8, 4) is 0 Å². The van der Waals surface area contributed by atoms with Crippen molar-refractivity contribution < 1.29 is 0 Å². The molecule has 3 heteroatoms. The van der Waals surface area contributed by atoms with E-state index in [-0.39, 0.29) is 9.84 Å². The highest BCUT2D eigenvalue weighted by Gasteiger charge is 2.18. The molecule has 1 rings (SSSR count). The number of hydrogen-bond acceptors (Lipinski definition) is 2. The summed E-state index contributed by atoms with van der Waals surface area (Å²) in [5, 5.41) is 0. The van der Waals surface area contributed by atoms with E-state index in [2.05, 4.69) is 23.5 Å². The highest BCUT2D eigenvalue weighted by molar-refractivity contribution is 6.28. The zero-order valence-electron chi connectivity index (χ0n) is 7.77. The van der Waals surface area contributed by atoms with Gasteiger partial charge in [-0.05, 0) is 26.4 Å². The Bertz CT molecular complexity index is 102. The van der Waals surface area contributed by atoms with Gasteiger partial charge in [-0.2, -0.15) is 0 Å². The van der Waals surface area contributed by atoms with E-state index < -0.39 is 0 Å². The molecule has 0 spiro atoms. The van der Waals surface area contributed by atoms with E-state index in [1.807, 2.05) is 0 Å². The largest absolute Gasteiger partial charge is 0.331 e. The van der Waals surface area contributed by atoms with Gasteiger partial charge >= 0.3 is 0 Å². The third-order valence-corrected chi connectivity index (χ3v) is 4.30. The lowest BCUT2D eigenvalue weighted by molar-refractivity contribution is 0.387. The molecule has 1 saturated carbocycles. The first kappa shape index (κ1) is 9.23. The van der Waals surface area contributed by atoms with E-state index >= 15 is 0 Å². The minimum Gasteiger partial charge on any atom is -0.331 e. The molecule has 1 aliphatic rings. The average Bonchev–Trinajstić information content (AvgIpc) is 2.52. The molecule has 0 unspecified atom stereocenters. The van der Waals surface area contributed by atoms with Crippen molar-refractivity contribution in [2.45, 2.75) is 38.6 Å². The van der Waals surface area contributed by atoms with Crippen LogP contribution in [0, 0.1) is 0 Å². The van der Waals surface area contributed by atoms with E-state index in [9.17, 15) is 0 Å². The van der Waals surface area contributed by atoms with Crippen molar-refractivity contribution in [1.29, 1.82) is 0 Å². The molecule has 0 radical (unpaired) electrons. The van der Waals surface area contributed by atoms with Gasteiger partial charge in [0.2, 0.25) is 0 Å². The molecule has 11 heavy (non-hydrogen) atoms. The van der Waals surface area contributed by atoms with Gasteiger partial charge in [0.1, 0.15) is 0 Å². The zero-order valence-corrected chi connectivity index (χ0v) is 9.18. The number of nitrogens with one attached hydrogen (secondary N) is 1. The smallest absolute Gasteiger partial charge is 0.170 e. The van der Waals surface area contributed by atoms with Gasteiger partial charge in [0.25, 0.3) is 0 Å². The van der Waals surface area contributed by atoms with E-state index in [4.69, 9.17) is 0 Å². The van der Waals surface area contributed by atoms with Crippen LogP contribution in [0.25, 0.3) is 0 Å². The van der Waals surface area contributed by atoms with Crippen LogP contribution in [0.3, 0.4) is 0 Å². The SMILES string of the molecule is CCN[SiH2]N(C)C1CCCC1. The van der Waals surface area contributed by atoms with Crippen LogP contribution in [0.15, 0.2) is 0 Å². The fourth-order valence-electron chi connectivity index (χ4n) is 1.76. The predicted octanol–water partition coefficient (Wildman–Crippen LogP) is 0.469. The first-order chi connectivity index (χ1) is 5.34. The number of nitrogens with zero attached hydrogens (tertiary/aromatic N) is 1. The Morgan fingerprint density at radius 1 is 1.45 bits per heavy atom. The van der Waals surface area contributed by atoms with Crippen LogP contribution < -0.4 is 4.98 Å². The molecular formula is C8H20N2Si. The third kappa shape index (κ3) is 2.93. The van der Waals surface area contributed by atoms with Gasteiger partial charge < -0.3 is 9.55 Å². The van der Waals surface area contributed by atoms with Crippen LogP contribution in [0.4, 0.5) is 0 Å². The topological polar surface area (TPSA) is 15.3 Å². The van der Waals surface area contributed by atoms with Gasteiger partial charge in [-0.1, -0.05) is 19.8 Å². The van der Waals surface area contributed by atoms with Crippen LogP contribution in [0.5, 0.6) is 0 Å². The van der Waals surface area contributed by atoms with Crippen molar-refractivity contribution >= 4 is 9.84 Å². The van der Waals surface area contributed by atoms with Gasteiger partial charge in [0.15, 0.2) is 9.84 Å². The van der Waals surface area contributed by atoms with E-state index in [1.54, 1.807) is 0 Å². The second kappa shape index (κ2) is 4.90. The molecule has 66 valence electrons. The Labute approximate surface area is 72.3 Å². The molecule has 1 aliphatic carbocycles. The summed E-state index contributed by atoms with van der Waals surface area (Å²) in [5.74, 6) is 0. The van der Waals surface area contributed by atoms with Crippen LogP contribution in [0.1, 0.15) is 32.6 Å². The maximum absolute atomic E-state index is 3.49. The Morgan fingerprint density at radius 2 is 2.09 bits per heavy atom. The van der Waals surface area contributed by atoms with Crippen LogP contribution >= 0.6 is 0 Å². The summed E-state index contributed by atoms with van der Waals surface area (Å²) in [6.45, 7) is 3.33. The van der Waals surface area contributed by atoms with Crippen molar-refractivity contribution in [2.24, 2.45) is 0 Å². The van der Waals surface area contributed by atoms with Crippen LogP contribution in [0.2, 0.25) is 0 Å². The predicted molar refractivity (Wildman–Crippen MR) is 52.2 cm³/mol. The molecule has 2 nitrogen and oxygen atoms in total. The lowest BCUT2D eigenvalue weighted by Crippen LogP contribution is -2.40. The van der Waals surface area contributed by atoms with Crippen LogP contribution in [-0.2, 0) is 0 Å². The molecule has 0 aliphatic heterocycles. The van der Waals surface area contributed by atoms with Gasteiger partial charge in [-0.3, -0.25) is 0 Å². The Hall–Kier alpha value is 0.137. The summed E-state index contributed by atoms with van der Waals surface area (Å²) in [4.78, 5) is 3.49. The minimum atomic E-state index is -0.110. The average molecular weight is 172 g/mol. The molecule has 0 saturated heterocycles. The van der Waals surface area contributed by atoms with Gasteiger partial charge in [0, 0.05) is 6.04 Å². The maximum atomic E-state index is 3.49. The van der Waals surface area contributed by atoms with Crippen molar-refractivity contribution in [1.82, 2.24) is 9.55 Å². The lowest BCUT2D eigenvalue weighted by Gasteiger charge is -2.23. The van der Waals surface area contributed by atoms with Gasteiger partial charge in [-0.25, -0.2) is 0 Å². The molecular weight excluding hydrogens is 152 g/mol. The summed E-state index contributed by atoms with van der Waals surface area (Å²) >= 11 is 0. The van der Waals surface area contributed by atoms with Crippen molar-refractivity contribution in [2.75, 3.05) is 13.6 Å². The fraction of sp³-hybridized carbons (Fsp3) is 1.00. The molecule has 0 atom stereocenters. The van der Waals surface area contributed by atoms with E-state index in [0.29, 0.717) is 0 Å². The Morgan fingerprint density at radius 3 is 2.64 bits per heavy atom. The number of rotatable bonds is 4. The summed E-state index contributed by atoms with van der Waals surface area (Å²) in [5.41, 5.74) is 0. The minimum absolute atomic E-state index is 0.110.